The van der Waals surface area contributed by atoms with Crippen molar-refractivity contribution in [3.05, 3.63) is 59.7 Å². The predicted molar refractivity (Wildman–Crippen MR) is 97.9 cm³/mol. The lowest BCUT2D eigenvalue weighted by molar-refractivity contribution is -0.392. The molecule has 0 spiro atoms. The molecule has 180 valence electrons. The largest absolute Gasteiger partial charge is 0.503 e. The summed E-state index contributed by atoms with van der Waals surface area (Å²) in [7, 11) is 0. The van der Waals surface area contributed by atoms with E-state index in [0.29, 0.717) is 6.07 Å². The summed E-state index contributed by atoms with van der Waals surface area (Å²) in [6, 6.07) is 0.301. The molecule has 0 aliphatic rings. The molecule has 2 aromatic rings. The lowest BCUT2D eigenvalue weighted by Crippen LogP contribution is -2.12. The number of rotatable bonds is 4. The highest BCUT2D eigenvalue weighted by atomic mass is 35.5. The number of nitro groups is 2. The molecule has 2 rings (SSSR count). The first-order valence-corrected chi connectivity index (χ1v) is 8.27. The topological polar surface area (TPSA) is 169 Å². The maximum Gasteiger partial charge on any atom is 0.503 e. The van der Waals surface area contributed by atoms with Gasteiger partial charge in [0, 0.05) is 12.3 Å². The fourth-order valence-electron chi connectivity index (χ4n) is 2.08. The second-order valence-corrected chi connectivity index (χ2v) is 6.24. The quantitative estimate of drug-likeness (QED) is 0.238. The average molecular weight is 527 g/mol. The van der Waals surface area contributed by atoms with Gasteiger partial charge in [-0.05, 0) is 6.07 Å². The molecule has 1 aromatic heterocycles. The van der Waals surface area contributed by atoms with Crippen molar-refractivity contribution in [3.63, 3.8) is 0 Å². The molecule has 0 aliphatic heterocycles. The number of alkyl halides is 6. The van der Waals surface area contributed by atoms with Gasteiger partial charge < -0.3 is 15.5 Å². The van der Waals surface area contributed by atoms with Crippen LogP contribution in [0.4, 0.5) is 54.0 Å². The van der Waals surface area contributed by atoms with E-state index < -0.39 is 72.4 Å². The van der Waals surface area contributed by atoms with E-state index >= 15 is 0 Å². The third kappa shape index (κ3) is 6.94. The Bertz CT molecular complexity index is 1110. The number of hydrogen-bond acceptors (Lipinski definition) is 7. The van der Waals surface area contributed by atoms with Crippen molar-refractivity contribution >= 4 is 52.2 Å². The molecule has 0 fully saturated rings. The summed E-state index contributed by atoms with van der Waals surface area (Å²) in [4.78, 5) is 31.4. The maximum atomic E-state index is 13.0. The van der Waals surface area contributed by atoms with E-state index in [1.54, 1.807) is 0 Å². The monoisotopic (exact) mass is 526 g/mol. The Hall–Kier alpha value is -3.60. The normalized spacial score (nSPS) is 11.3. The van der Waals surface area contributed by atoms with Crippen molar-refractivity contribution in [2.24, 2.45) is 0 Å². The fourth-order valence-corrected chi connectivity index (χ4v) is 2.62. The fraction of sp³-hybridized carbons (Fsp3) is 0.143. The molecule has 0 unspecified atom stereocenters. The Morgan fingerprint density at radius 2 is 1.52 bits per heavy atom. The molecule has 33 heavy (non-hydrogen) atoms. The number of aromatic nitrogens is 1. The molecule has 0 aliphatic carbocycles. The number of nitrogens with zero attached hydrogens (tertiary/aromatic N) is 3. The molecule has 0 atom stereocenters. The van der Waals surface area contributed by atoms with Crippen molar-refractivity contribution in [2.75, 3.05) is 5.32 Å². The van der Waals surface area contributed by atoms with Crippen LogP contribution in [0.1, 0.15) is 11.1 Å². The molecule has 0 radical (unpaired) electrons. The van der Waals surface area contributed by atoms with E-state index in [2.05, 4.69) is 4.98 Å². The molecular weight excluding hydrogens is 521 g/mol. The van der Waals surface area contributed by atoms with Crippen molar-refractivity contribution in [1.82, 2.24) is 4.98 Å². The zero-order valence-electron chi connectivity index (χ0n) is 15.0. The zero-order chi connectivity index (χ0) is 25.9. The van der Waals surface area contributed by atoms with Crippen molar-refractivity contribution in [3.8, 4) is 0 Å². The third-order valence-corrected chi connectivity index (χ3v) is 3.99. The first kappa shape index (κ1) is 27.4. The van der Waals surface area contributed by atoms with E-state index in [9.17, 15) is 46.6 Å². The molecule has 1 aromatic carbocycles. The van der Waals surface area contributed by atoms with Crippen LogP contribution in [0.15, 0.2) is 18.3 Å². The van der Waals surface area contributed by atoms with Gasteiger partial charge in [-0.1, -0.05) is 23.2 Å². The van der Waals surface area contributed by atoms with Gasteiger partial charge in [0.05, 0.1) is 26.0 Å². The van der Waals surface area contributed by atoms with Gasteiger partial charge >= 0.3 is 29.9 Å². The van der Waals surface area contributed by atoms with Crippen molar-refractivity contribution in [2.45, 2.75) is 12.4 Å². The van der Waals surface area contributed by atoms with Crippen LogP contribution >= 0.6 is 23.2 Å². The number of benzene rings is 1. The van der Waals surface area contributed by atoms with Gasteiger partial charge in [-0.3, -0.25) is 20.2 Å². The van der Waals surface area contributed by atoms with E-state index in [1.165, 1.54) is 0 Å². The summed E-state index contributed by atoms with van der Waals surface area (Å²) in [5, 5.41) is 36.1. The van der Waals surface area contributed by atoms with E-state index in [0.717, 1.165) is 0 Å². The van der Waals surface area contributed by atoms with Gasteiger partial charge in [-0.2, -0.15) is 26.3 Å². The van der Waals surface area contributed by atoms with E-state index in [1.807, 2.05) is 5.32 Å². The first-order chi connectivity index (χ1) is 14.9. The van der Waals surface area contributed by atoms with Crippen LogP contribution in [0.25, 0.3) is 0 Å². The Morgan fingerprint density at radius 1 is 1.00 bits per heavy atom. The van der Waals surface area contributed by atoms with Gasteiger partial charge in [0.15, 0.2) is 5.69 Å². The molecule has 11 nitrogen and oxygen atoms in total. The van der Waals surface area contributed by atoms with Crippen LogP contribution in [-0.2, 0) is 12.4 Å². The van der Waals surface area contributed by atoms with Crippen LogP contribution < -0.4 is 5.32 Å². The van der Waals surface area contributed by atoms with Crippen LogP contribution in [-0.4, -0.2) is 31.2 Å². The summed E-state index contributed by atoms with van der Waals surface area (Å²) >= 11 is 11.1. The van der Waals surface area contributed by atoms with Gasteiger partial charge in [0.1, 0.15) is 10.8 Å². The molecular formula is C14H6Cl2F6N4O7. The second kappa shape index (κ2) is 9.90. The SMILES string of the molecule is O=C(O)O.O=[N+]([O-])c1cc(C(F)(F)F)c(Cl)c([N+](=O)[O-])c1Nc1ncc(C(F)(F)F)cc1Cl. The summed E-state index contributed by atoms with van der Waals surface area (Å²) in [6.07, 6.45) is -11.7. The highest BCUT2D eigenvalue weighted by Crippen LogP contribution is 2.48. The molecule has 1 heterocycles. The number of hydrogen-bond donors (Lipinski definition) is 3. The zero-order valence-corrected chi connectivity index (χ0v) is 16.5. The maximum absolute atomic E-state index is 13.0. The Morgan fingerprint density at radius 3 is 1.88 bits per heavy atom. The number of anilines is 2. The number of carboxylic acid groups (broad SMARTS) is 2. The van der Waals surface area contributed by atoms with E-state index in [-0.39, 0.29) is 12.3 Å². The summed E-state index contributed by atoms with van der Waals surface area (Å²) < 4.78 is 77.0. The van der Waals surface area contributed by atoms with Gasteiger partial charge in [0.2, 0.25) is 0 Å². The summed E-state index contributed by atoms with van der Waals surface area (Å²) in [6.45, 7) is 0. The number of nitrogens with one attached hydrogen (secondary N) is 1. The number of pyridine rings is 1. The highest BCUT2D eigenvalue weighted by molar-refractivity contribution is 6.35. The summed E-state index contributed by atoms with van der Waals surface area (Å²) in [5.74, 6) is -0.721. The Labute approximate surface area is 186 Å². The molecule has 19 heteroatoms. The standard InChI is InChI=1S/C13H4Cl2F6N4O4.CH2O3/c14-6-1-4(12(16,17)18)3-22-11(6)23-9-7(24(26)27)2-5(13(19,20)21)8(15)10(9)25(28)29;2-1(3)4/h1-3H,(H,22,23);(H2,2,3,4). The molecule has 0 saturated carbocycles. The molecule has 0 amide bonds. The van der Waals surface area contributed by atoms with Crippen molar-refractivity contribution < 1.29 is 51.2 Å². The second-order valence-electron chi connectivity index (χ2n) is 5.45. The van der Waals surface area contributed by atoms with Crippen LogP contribution in [0.2, 0.25) is 10.0 Å². The van der Waals surface area contributed by atoms with Crippen LogP contribution in [0.3, 0.4) is 0 Å². The van der Waals surface area contributed by atoms with E-state index in [4.69, 9.17) is 38.2 Å². The molecule has 0 saturated heterocycles. The Kier molecular flexibility index (Phi) is 8.23. The molecule has 0 bridgehead atoms. The third-order valence-electron chi connectivity index (χ3n) is 3.31. The van der Waals surface area contributed by atoms with Gasteiger partial charge in [-0.15, -0.1) is 0 Å². The minimum Gasteiger partial charge on any atom is -0.450 e. The number of carbonyl (C=O) groups is 1. The smallest absolute Gasteiger partial charge is 0.450 e. The lowest BCUT2D eigenvalue weighted by atomic mass is 10.1. The average Bonchev–Trinajstić information content (AvgIpc) is 2.60. The Balaban J connectivity index is 0.00000125. The minimum atomic E-state index is -5.27. The first-order valence-electron chi connectivity index (χ1n) is 7.52. The van der Waals surface area contributed by atoms with Gasteiger partial charge in [-0.25, -0.2) is 9.78 Å². The lowest BCUT2D eigenvalue weighted by Gasteiger charge is -2.14. The van der Waals surface area contributed by atoms with Gasteiger partial charge in [0.25, 0.3) is 0 Å². The predicted octanol–water partition coefficient (Wildman–Crippen LogP) is 6.21. The van der Waals surface area contributed by atoms with Crippen LogP contribution in [0.5, 0.6) is 0 Å². The summed E-state index contributed by atoms with van der Waals surface area (Å²) in [5.41, 5.74) is -7.26. The van der Waals surface area contributed by atoms with Crippen LogP contribution in [0, 0.1) is 20.2 Å². The van der Waals surface area contributed by atoms with Crippen molar-refractivity contribution in [1.29, 1.82) is 0 Å². The minimum absolute atomic E-state index is 0.0599. The number of nitro benzene ring substituents is 2. The molecule has 3 N–H and O–H groups in total. The number of halogens is 8. The highest BCUT2D eigenvalue weighted by Gasteiger charge is 2.42.